The molecule has 0 aliphatic heterocycles. The fraction of sp³-hybridized carbons (Fsp3) is 0. The number of carbonyl (C=O) groups excluding carboxylic acids is 1. The molecule has 0 saturated carbocycles. The van der Waals surface area contributed by atoms with E-state index in [9.17, 15) is 9.90 Å². The van der Waals surface area contributed by atoms with Crippen LogP contribution in [-0.2, 0) is 4.79 Å². The van der Waals surface area contributed by atoms with E-state index in [1.165, 1.54) is 6.08 Å². The van der Waals surface area contributed by atoms with E-state index in [0.717, 1.165) is 27.5 Å². The van der Waals surface area contributed by atoms with Crippen LogP contribution in [0.2, 0.25) is 0 Å². The SMILES string of the molecule is O=C([O-])/C=C/c1c(-c2ccccc2)nc2ccc(Br)cn12. The molecule has 3 aromatic rings. The van der Waals surface area contributed by atoms with Crippen LogP contribution in [0, 0.1) is 0 Å². The van der Waals surface area contributed by atoms with E-state index in [1.54, 1.807) is 0 Å². The molecule has 0 atom stereocenters. The van der Waals surface area contributed by atoms with E-state index in [2.05, 4.69) is 20.9 Å². The predicted octanol–water partition coefficient (Wildman–Crippen LogP) is 2.53. The Morgan fingerprint density at radius 1 is 1.19 bits per heavy atom. The molecule has 0 saturated heterocycles. The lowest BCUT2D eigenvalue weighted by Gasteiger charge is -2.01. The van der Waals surface area contributed by atoms with Gasteiger partial charge in [-0.2, -0.15) is 0 Å². The van der Waals surface area contributed by atoms with Crippen molar-refractivity contribution in [2.24, 2.45) is 0 Å². The summed E-state index contributed by atoms with van der Waals surface area (Å²) in [7, 11) is 0. The van der Waals surface area contributed by atoms with Gasteiger partial charge in [0.1, 0.15) is 5.65 Å². The van der Waals surface area contributed by atoms with Crippen molar-refractivity contribution >= 4 is 33.6 Å². The summed E-state index contributed by atoms with van der Waals surface area (Å²) in [5.41, 5.74) is 3.10. The molecule has 0 amide bonds. The summed E-state index contributed by atoms with van der Waals surface area (Å²) in [5.74, 6) is -1.24. The van der Waals surface area contributed by atoms with Crippen molar-refractivity contribution < 1.29 is 9.90 Å². The van der Waals surface area contributed by atoms with Gasteiger partial charge in [0.05, 0.1) is 17.4 Å². The lowest BCUT2D eigenvalue weighted by Crippen LogP contribution is -2.18. The van der Waals surface area contributed by atoms with Gasteiger partial charge in [0, 0.05) is 16.2 Å². The van der Waals surface area contributed by atoms with Gasteiger partial charge in [-0.15, -0.1) is 0 Å². The average Bonchev–Trinajstić information content (AvgIpc) is 2.84. The van der Waals surface area contributed by atoms with E-state index in [-0.39, 0.29) is 0 Å². The summed E-state index contributed by atoms with van der Waals surface area (Å²) < 4.78 is 2.72. The largest absolute Gasteiger partial charge is 0.545 e. The summed E-state index contributed by atoms with van der Waals surface area (Å²) in [5, 5.41) is 10.7. The van der Waals surface area contributed by atoms with Crippen LogP contribution in [0.1, 0.15) is 5.69 Å². The average molecular weight is 342 g/mol. The minimum atomic E-state index is -1.24. The zero-order chi connectivity index (χ0) is 14.8. The Balaban J connectivity index is 2.28. The molecule has 0 aliphatic carbocycles. The number of aromatic nitrogens is 2. The van der Waals surface area contributed by atoms with Crippen LogP contribution in [0.3, 0.4) is 0 Å². The number of imidazole rings is 1. The maximum absolute atomic E-state index is 10.7. The molecule has 0 fully saturated rings. The Hall–Kier alpha value is -2.40. The van der Waals surface area contributed by atoms with Crippen molar-refractivity contribution in [3.8, 4) is 11.3 Å². The van der Waals surface area contributed by atoms with E-state index >= 15 is 0 Å². The molecule has 0 aliphatic rings. The molecule has 0 spiro atoms. The predicted molar refractivity (Wildman–Crippen MR) is 82.4 cm³/mol. The normalized spacial score (nSPS) is 11.3. The third kappa shape index (κ3) is 2.73. The van der Waals surface area contributed by atoms with Crippen LogP contribution in [0.4, 0.5) is 0 Å². The molecule has 1 aromatic carbocycles. The Morgan fingerprint density at radius 2 is 1.95 bits per heavy atom. The fourth-order valence-corrected chi connectivity index (χ4v) is 2.49. The van der Waals surface area contributed by atoms with Crippen LogP contribution < -0.4 is 5.11 Å². The van der Waals surface area contributed by atoms with E-state index in [1.807, 2.05) is 53.1 Å². The highest BCUT2D eigenvalue weighted by molar-refractivity contribution is 9.10. The van der Waals surface area contributed by atoms with Crippen LogP contribution in [0.25, 0.3) is 23.0 Å². The molecule has 2 heterocycles. The lowest BCUT2D eigenvalue weighted by molar-refractivity contribution is -0.297. The van der Waals surface area contributed by atoms with Gasteiger partial charge in [-0.25, -0.2) is 4.98 Å². The minimum absolute atomic E-state index is 0.696. The summed E-state index contributed by atoms with van der Waals surface area (Å²) in [6, 6.07) is 13.4. The number of pyridine rings is 1. The molecule has 0 radical (unpaired) electrons. The third-order valence-corrected chi connectivity index (χ3v) is 3.51. The van der Waals surface area contributed by atoms with Crippen molar-refractivity contribution in [3.05, 3.63) is 64.9 Å². The molecular formula is C16H10BrN2O2-. The van der Waals surface area contributed by atoms with Crippen LogP contribution in [0.5, 0.6) is 0 Å². The number of carboxylic acid groups (broad SMARTS) is 1. The van der Waals surface area contributed by atoms with Gasteiger partial charge in [0.25, 0.3) is 0 Å². The topological polar surface area (TPSA) is 57.4 Å². The Kier molecular flexibility index (Phi) is 3.58. The first-order chi connectivity index (χ1) is 10.1. The fourth-order valence-electron chi connectivity index (χ4n) is 2.15. The molecule has 21 heavy (non-hydrogen) atoms. The maximum atomic E-state index is 10.7. The van der Waals surface area contributed by atoms with Crippen LogP contribution >= 0.6 is 15.9 Å². The number of nitrogens with zero attached hydrogens (tertiary/aromatic N) is 2. The van der Waals surface area contributed by atoms with Crippen molar-refractivity contribution in [1.29, 1.82) is 0 Å². The van der Waals surface area contributed by atoms with Crippen molar-refractivity contribution in [2.75, 3.05) is 0 Å². The van der Waals surface area contributed by atoms with Crippen molar-refractivity contribution in [3.63, 3.8) is 0 Å². The number of carboxylic acids is 1. The van der Waals surface area contributed by atoms with E-state index < -0.39 is 5.97 Å². The van der Waals surface area contributed by atoms with Crippen LogP contribution in [0.15, 0.2) is 59.2 Å². The second kappa shape index (κ2) is 5.54. The molecule has 5 heteroatoms. The smallest absolute Gasteiger partial charge is 0.138 e. The number of aliphatic carboxylic acids is 1. The molecule has 4 nitrogen and oxygen atoms in total. The van der Waals surface area contributed by atoms with Crippen molar-refractivity contribution in [2.45, 2.75) is 0 Å². The highest BCUT2D eigenvalue weighted by Crippen LogP contribution is 2.26. The van der Waals surface area contributed by atoms with Gasteiger partial charge >= 0.3 is 0 Å². The van der Waals surface area contributed by atoms with E-state index in [4.69, 9.17) is 0 Å². The monoisotopic (exact) mass is 341 g/mol. The van der Waals surface area contributed by atoms with E-state index in [0.29, 0.717) is 5.69 Å². The first-order valence-corrected chi connectivity index (χ1v) is 7.06. The van der Waals surface area contributed by atoms with Crippen molar-refractivity contribution in [1.82, 2.24) is 9.38 Å². The summed E-state index contributed by atoms with van der Waals surface area (Å²) in [6.07, 6.45) is 4.37. The minimum Gasteiger partial charge on any atom is -0.545 e. The Morgan fingerprint density at radius 3 is 2.67 bits per heavy atom. The van der Waals surface area contributed by atoms with Gasteiger partial charge in [-0.05, 0) is 40.2 Å². The molecular weight excluding hydrogens is 332 g/mol. The summed E-state index contributed by atoms with van der Waals surface area (Å²) in [6.45, 7) is 0. The summed E-state index contributed by atoms with van der Waals surface area (Å²) >= 11 is 3.41. The number of hydrogen-bond acceptors (Lipinski definition) is 3. The van der Waals surface area contributed by atoms with Gasteiger partial charge in [0.2, 0.25) is 0 Å². The van der Waals surface area contributed by atoms with Gasteiger partial charge in [0.15, 0.2) is 0 Å². The standard InChI is InChI=1S/C16H11BrN2O2/c17-12-6-8-14-18-16(11-4-2-1-3-5-11)13(19(14)10-12)7-9-15(20)21/h1-10H,(H,20,21)/p-1/b9-7+. The van der Waals surface area contributed by atoms with Crippen LogP contribution in [-0.4, -0.2) is 15.4 Å². The van der Waals surface area contributed by atoms with Gasteiger partial charge in [-0.3, -0.25) is 4.40 Å². The number of hydrogen-bond donors (Lipinski definition) is 0. The number of rotatable bonds is 3. The molecule has 0 bridgehead atoms. The lowest BCUT2D eigenvalue weighted by atomic mass is 10.1. The number of fused-ring (bicyclic) bond motifs is 1. The first kappa shape index (κ1) is 13.6. The molecule has 3 rings (SSSR count). The first-order valence-electron chi connectivity index (χ1n) is 6.27. The molecule has 2 aromatic heterocycles. The molecule has 104 valence electrons. The third-order valence-electron chi connectivity index (χ3n) is 3.04. The number of benzene rings is 1. The highest BCUT2D eigenvalue weighted by atomic mass is 79.9. The number of halogens is 1. The quantitative estimate of drug-likeness (QED) is 0.688. The molecule has 0 unspecified atom stereocenters. The van der Waals surface area contributed by atoms with Gasteiger partial charge in [-0.1, -0.05) is 30.3 Å². The highest BCUT2D eigenvalue weighted by Gasteiger charge is 2.11. The maximum Gasteiger partial charge on any atom is 0.138 e. The zero-order valence-electron chi connectivity index (χ0n) is 10.9. The second-order valence-electron chi connectivity index (χ2n) is 4.44. The Labute approximate surface area is 129 Å². The summed E-state index contributed by atoms with van der Waals surface area (Å²) in [4.78, 5) is 15.3. The Bertz CT molecular complexity index is 838. The number of carbonyl (C=O) groups is 1. The molecule has 0 N–H and O–H groups in total. The van der Waals surface area contributed by atoms with Gasteiger partial charge < -0.3 is 9.90 Å². The second-order valence-corrected chi connectivity index (χ2v) is 5.36. The zero-order valence-corrected chi connectivity index (χ0v) is 12.4.